The fraction of sp³-hybridized carbons (Fsp3) is 0.533. The summed E-state index contributed by atoms with van der Waals surface area (Å²) in [6.07, 6.45) is 3.03. The minimum Gasteiger partial charge on any atom is -0.336 e. The zero-order chi connectivity index (χ0) is 14.5. The molecule has 0 bridgehead atoms. The van der Waals surface area contributed by atoms with Gasteiger partial charge < -0.3 is 10.2 Å². The van der Waals surface area contributed by atoms with Crippen LogP contribution in [0.4, 0.5) is 0 Å². The summed E-state index contributed by atoms with van der Waals surface area (Å²) in [7, 11) is 0. The molecule has 1 saturated heterocycles. The Balaban J connectivity index is 2.18. The number of halogens is 2. The van der Waals surface area contributed by atoms with Gasteiger partial charge in [-0.05, 0) is 66.5 Å². The first-order valence-electron chi connectivity index (χ1n) is 7.10. The Bertz CT molecular complexity index is 475. The van der Waals surface area contributed by atoms with E-state index in [-0.39, 0.29) is 5.91 Å². The van der Waals surface area contributed by atoms with E-state index < -0.39 is 0 Å². The fourth-order valence-electron chi connectivity index (χ4n) is 2.60. The van der Waals surface area contributed by atoms with Crippen molar-refractivity contribution in [2.24, 2.45) is 0 Å². The van der Waals surface area contributed by atoms with Gasteiger partial charge in [-0.1, -0.05) is 18.5 Å². The monoisotopic (exact) mass is 358 g/mol. The highest BCUT2D eigenvalue weighted by atomic mass is 79.9. The number of piperidine rings is 1. The number of amides is 1. The van der Waals surface area contributed by atoms with Gasteiger partial charge in [0.05, 0.1) is 5.02 Å². The number of carbonyl (C=O) groups is 1. The van der Waals surface area contributed by atoms with Gasteiger partial charge in [0.25, 0.3) is 5.91 Å². The first kappa shape index (κ1) is 15.8. The Labute approximate surface area is 133 Å². The molecule has 0 unspecified atom stereocenters. The molecule has 1 aromatic rings. The molecule has 20 heavy (non-hydrogen) atoms. The first-order valence-corrected chi connectivity index (χ1v) is 8.27. The first-order chi connectivity index (χ1) is 9.63. The topological polar surface area (TPSA) is 32.3 Å². The molecule has 5 heteroatoms. The minimum atomic E-state index is 0.108. The summed E-state index contributed by atoms with van der Waals surface area (Å²) in [5, 5.41) is 3.97. The van der Waals surface area contributed by atoms with Crippen molar-refractivity contribution in [2.75, 3.05) is 19.6 Å². The number of hydrogen-bond acceptors (Lipinski definition) is 2. The Morgan fingerprint density at radius 3 is 2.75 bits per heavy atom. The zero-order valence-electron chi connectivity index (χ0n) is 11.7. The second-order valence-electron chi connectivity index (χ2n) is 5.11. The number of nitrogens with one attached hydrogen (secondary N) is 1. The summed E-state index contributed by atoms with van der Waals surface area (Å²) in [4.78, 5) is 14.8. The van der Waals surface area contributed by atoms with Crippen molar-refractivity contribution in [3.8, 4) is 0 Å². The highest BCUT2D eigenvalue weighted by molar-refractivity contribution is 9.10. The van der Waals surface area contributed by atoms with Crippen molar-refractivity contribution in [1.29, 1.82) is 0 Å². The third-order valence-corrected chi connectivity index (χ3v) is 4.86. The lowest BCUT2D eigenvalue weighted by Crippen LogP contribution is -2.46. The van der Waals surface area contributed by atoms with Gasteiger partial charge in [-0.3, -0.25) is 4.79 Å². The van der Waals surface area contributed by atoms with Crippen LogP contribution in [0, 0.1) is 0 Å². The molecule has 0 atom stereocenters. The summed E-state index contributed by atoms with van der Waals surface area (Å²) in [6.45, 7) is 4.90. The molecule has 3 nitrogen and oxygen atoms in total. The van der Waals surface area contributed by atoms with Crippen LogP contribution >= 0.6 is 27.5 Å². The molecule has 1 N–H and O–H groups in total. The van der Waals surface area contributed by atoms with Crippen LogP contribution in [0.2, 0.25) is 5.02 Å². The van der Waals surface area contributed by atoms with Crippen LogP contribution in [-0.2, 0) is 0 Å². The third kappa shape index (κ3) is 3.74. The predicted octanol–water partition coefficient (Wildman–Crippen LogP) is 3.71. The summed E-state index contributed by atoms with van der Waals surface area (Å²) in [6, 6.07) is 5.73. The van der Waals surface area contributed by atoms with E-state index in [4.69, 9.17) is 11.6 Å². The number of carbonyl (C=O) groups excluding carboxylic acids is 1. The molecule has 1 aromatic carbocycles. The van der Waals surface area contributed by atoms with Gasteiger partial charge in [0.2, 0.25) is 0 Å². The molecule has 0 saturated carbocycles. The molecule has 1 fully saturated rings. The van der Waals surface area contributed by atoms with Gasteiger partial charge in [-0.15, -0.1) is 0 Å². The van der Waals surface area contributed by atoms with Crippen LogP contribution < -0.4 is 5.32 Å². The number of hydrogen-bond donors (Lipinski definition) is 1. The maximum Gasteiger partial charge on any atom is 0.254 e. The van der Waals surface area contributed by atoms with Crippen LogP contribution in [0.1, 0.15) is 36.5 Å². The maximum atomic E-state index is 12.7. The smallest absolute Gasteiger partial charge is 0.254 e. The lowest BCUT2D eigenvalue weighted by Gasteiger charge is -2.34. The molecule has 1 amide bonds. The van der Waals surface area contributed by atoms with Crippen LogP contribution in [0.3, 0.4) is 0 Å². The fourth-order valence-corrected chi connectivity index (χ4v) is 3.10. The average molecular weight is 360 g/mol. The Hall–Kier alpha value is -0.580. The van der Waals surface area contributed by atoms with Crippen molar-refractivity contribution in [1.82, 2.24) is 10.2 Å². The molecule has 1 aliphatic heterocycles. The second kappa shape index (κ2) is 7.43. The highest BCUT2D eigenvalue weighted by Crippen LogP contribution is 2.25. The van der Waals surface area contributed by atoms with E-state index in [0.29, 0.717) is 16.6 Å². The Morgan fingerprint density at radius 2 is 2.15 bits per heavy atom. The number of nitrogens with zero attached hydrogens (tertiary/aromatic N) is 1. The SMILES string of the molecule is CCCN(C(=O)c1ccc(Cl)c(Br)c1)C1CCNCC1. The maximum absolute atomic E-state index is 12.7. The molecule has 1 heterocycles. The predicted molar refractivity (Wildman–Crippen MR) is 86.4 cm³/mol. The Kier molecular flexibility index (Phi) is 5.87. The molecule has 2 rings (SSSR count). The quantitative estimate of drug-likeness (QED) is 0.889. The highest BCUT2D eigenvalue weighted by Gasteiger charge is 2.25. The molecule has 0 spiro atoms. The summed E-state index contributed by atoms with van der Waals surface area (Å²) >= 11 is 9.38. The van der Waals surface area contributed by atoms with Crippen LogP contribution in [0.15, 0.2) is 22.7 Å². The summed E-state index contributed by atoms with van der Waals surface area (Å²) in [5.41, 5.74) is 0.702. The normalized spacial score (nSPS) is 16.1. The van der Waals surface area contributed by atoms with E-state index in [0.717, 1.165) is 43.4 Å². The van der Waals surface area contributed by atoms with E-state index in [1.807, 2.05) is 11.0 Å². The molecule has 0 aromatic heterocycles. The van der Waals surface area contributed by atoms with Gasteiger partial charge in [0, 0.05) is 22.6 Å². The largest absolute Gasteiger partial charge is 0.336 e. The van der Waals surface area contributed by atoms with Crippen molar-refractivity contribution in [3.05, 3.63) is 33.3 Å². The van der Waals surface area contributed by atoms with Gasteiger partial charge in [0.1, 0.15) is 0 Å². The number of rotatable bonds is 4. The standard InChI is InChI=1S/C15H20BrClN2O/c1-2-9-19(12-5-7-18-8-6-12)15(20)11-3-4-14(17)13(16)10-11/h3-4,10,12,18H,2,5-9H2,1H3. The number of benzene rings is 1. The average Bonchev–Trinajstić information content (AvgIpc) is 2.48. The van der Waals surface area contributed by atoms with Gasteiger partial charge in [-0.25, -0.2) is 0 Å². The summed E-state index contributed by atoms with van der Waals surface area (Å²) in [5.74, 6) is 0.108. The molecular formula is C15H20BrClN2O. The summed E-state index contributed by atoms with van der Waals surface area (Å²) < 4.78 is 0.770. The van der Waals surface area contributed by atoms with E-state index in [9.17, 15) is 4.79 Å². The molecular weight excluding hydrogens is 340 g/mol. The molecule has 0 aliphatic carbocycles. The van der Waals surface area contributed by atoms with Gasteiger partial charge in [0.15, 0.2) is 0 Å². The van der Waals surface area contributed by atoms with E-state index >= 15 is 0 Å². The van der Waals surface area contributed by atoms with Crippen molar-refractivity contribution in [3.63, 3.8) is 0 Å². The van der Waals surface area contributed by atoms with Crippen LogP contribution in [-0.4, -0.2) is 36.5 Å². The van der Waals surface area contributed by atoms with Crippen molar-refractivity contribution < 1.29 is 4.79 Å². The second-order valence-corrected chi connectivity index (χ2v) is 6.37. The van der Waals surface area contributed by atoms with E-state index in [1.54, 1.807) is 12.1 Å². The molecule has 110 valence electrons. The minimum absolute atomic E-state index is 0.108. The van der Waals surface area contributed by atoms with Gasteiger partial charge >= 0.3 is 0 Å². The van der Waals surface area contributed by atoms with Crippen molar-refractivity contribution in [2.45, 2.75) is 32.2 Å². The lowest BCUT2D eigenvalue weighted by atomic mass is 10.0. The molecule has 1 aliphatic rings. The lowest BCUT2D eigenvalue weighted by molar-refractivity contribution is 0.0642. The zero-order valence-corrected chi connectivity index (χ0v) is 14.0. The molecule has 0 radical (unpaired) electrons. The van der Waals surface area contributed by atoms with E-state index in [1.165, 1.54) is 0 Å². The van der Waals surface area contributed by atoms with Crippen molar-refractivity contribution >= 4 is 33.4 Å². The Morgan fingerprint density at radius 1 is 1.45 bits per heavy atom. The van der Waals surface area contributed by atoms with Crippen LogP contribution in [0.25, 0.3) is 0 Å². The van der Waals surface area contributed by atoms with E-state index in [2.05, 4.69) is 28.2 Å². The van der Waals surface area contributed by atoms with Gasteiger partial charge in [-0.2, -0.15) is 0 Å². The third-order valence-electron chi connectivity index (χ3n) is 3.64. The van der Waals surface area contributed by atoms with Crippen LogP contribution in [0.5, 0.6) is 0 Å².